The summed E-state index contributed by atoms with van der Waals surface area (Å²) in [4.78, 5) is 7.23. The zero-order valence-corrected chi connectivity index (χ0v) is 18.9. The van der Waals surface area contributed by atoms with E-state index >= 15 is 0 Å². The van der Waals surface area contributed by atoms with Gasteiger partial charge in [0.25, 0.3) is 0 Å². The lowest BCUT2D eigenvalue weighted by molar-refractivity contribution is -0.0721. The fourth-order valence-corrected chi connectivity index (χ4v) is 3.95. The Balaban J connectivity index is 1.46. The highest BCUT2D eigenvalue weighted by Crippen LogP contribution is 2.18. The van der Waals surface area contributed by atoms with Crippen molar-refractivity contribution in [2.45, 2.75) is 77.7 Å². The van der Waals surface area contributed by atoms with Gasteiger partial charge in [-0.25, -0.2) is 4.99 Å². The van der Waals surface area contributed by atoms with Crippen LogP contribution < -0.4 is 10.1 Å². The summed E-state index contributed by atoms with van der Waals surface area (Å²) in [6.45, 7) is 11.3. The van der Waals surface area contributed by atoms with E-state index in [0.717, 1.165) is 63.8 Å². The Kier molecular flexibility index (Phi) is 9.27. The molecule has 2 saturated heterocycles. The Morgan fingerprint density at radius 1 is 1.17 bits per heavy atom. The quantitative estimate of drug-likeness (QED) is 0.512. The molecule has 0 spiro atoms. The summed E-state index contributed by atoms with van der Waals surface area (Å²) in [5.74, 6) is 1.90. The number of ether oxygens (including phenoxy) is 3. The SMILES string of the molecule is CCNC(=NCc1ccc(OC(C)C)cc1)N1CCC(OCC2CCCCO2)CC1. The third kappa shape index (κ3) is 7.47. The first-order valence-corrected chi connectivity index (χ1v) is 11.7. The van der Waals surface area contributed by atoms with Crippen molar-refractivity contribution in [1.29, 1.82) is 0 Å². The largest absolute Gasteiger partial charge is 0.491 e. The summed E-state index contributed by atoms with van der Waals surface area (Å²) >= 11 is 0. The average Bonchev–Trinajstić information content (AvgIpc) is 2.77. The monoisotopic (exact) mass is 417 g/mol. The molecule has 0 aliphatic carbocycles. The molecule has 2 aliphatic rings. The van der Waals surface area contributed by atoms with Crippen LogP contribution in [0, 0.1) is 0 Å². The normalized spacial score (nSPS) is 21.1. The summed E-state index contributed by atoms with van der Waals surface area (Å²) in [5.41, 5.74) is 1.19. The van der Waals surface area contributed by atoms with Gasteiger partial charge in [0, 0.05) is 26.2 Å². The predicted molar refractivity (Wildman–Crippen MR) is 121 cm³/mol. The molecule has 0 aromatic heterocycles. The van der Waals surface area contributed by atoms with Crippen molar-refractivity contribution < 1.29 is 14.2 Å². The molecule has 6 nitrogen and oxygen atoms in total. The van der Waals surface area contributed by atoms with Crippen LogP contribution in [0.1, 0.15) is 58.4 Å². The third-order valence-corrected chi connectivity index (χ3v) is 5.57. The van der Waals surface area contributed by atoms with Crippen LogP contribution in [0.2, 0.25) is 0 Å². The molecular formula is C24H39N3O3. The van der Waals surface area contributed by atoms with Crippen molar-refractivity contribution in [3.8, 4) is 5.75 Å². The first-order chi connectivity index (χ1) is 14.6. The summed E-state index contributed by atoms with van der Waals surface area (Å²) < 4.78 is 17.7. The van der Waals surface area contributed by atoms with Gasteiger partial charge in [-0.2, -0.15) is 0 Å². The number of hydrogen-bond acceptors (Lipinski definition) is 4. The number of nitrogens with zero attached hydrogens (tertiary/aromatic N) is 2. The third-order valence-electron chi connectivity index (χ3n) is 5.57. The van der Waals surface area contributed by atoms with E-state index < -0.39 is 0 Å². The van der Waals surface area contributed by atoms with E-state index in [1.54, 1.807) is 0 Å². The number of benzene rings is 1. The molecule has 2 fully saturated rings. The van der Waals surface area contributed by atoms with E-state index in [0.29, 0.717) is 18.8 Å². The highest BCUT2D eigenvalue weighted by atomic mass is 16.5. The number of guanidine groups is 1. The van der Waals surface area contributed by atoms with Gasteiger partial charge in [-0.1, -0.05) is 12.1 Å². The highest BCUT2D eigenvalue weighted by molar-refractivity contribution is 5.80. The minimum atomic E-state index is 0.191. The molecule has 168 valence electrons. The second kappa shape index (κ2) is 12.2. The molecular weight excluding hydrogens is 378 g/mol. The molecule has 1 atom stereocenters. The van der Waals surface area contributed by atoms with Crippen LogP contribution in [0.15, 0.2) is 29.3 Å². The van der Waals surface area contributed by atoms with E-state index in [9.17, 15) is 0 Å². The van der Waals surface area contributed by atoms with Crippen molar-refractivity contribution >= 4 is 5.96 Å². The number of aliphatic imine (C=N–C) groups is 1. The maximum atomic E-state index is 6.15. The number of rotatable bonds is 8. The highest BCUT2D eigenvalue weighted by Gasteiger charge is 2.23. The van der Waals surface area contributed by atoms with E-state index in [-0.39, 0.29) is 6.10 Å². The van der Waals surface area contributed by atoms with E-state index in [4.69, 9.17) is 19.2 Å². The molecule has 6 heteroatoms. The Hall–Kier alpha value is -1.79. The van der Waals surface area contributed by atoms with Gasteiger partial charge in [0.05, 0.1) is 31.5 Å². The van der Waals surface area contributed by atoms with Crippen LogP contribution in [0.4, 0.5) is 0 Å². The molecule has 0 amide bonds. The molecule has 0 radical (unpaired) electrons. The number of piperidine rings is 1. The Morgan fingerprint density at radius 2 is 1.93 bits per heavy atom. The zero-order valence-electron chi connectivity index (χ0n) is 18.9. The lowest BCUT2D eigenvalue weighted by Gasteiger charge is -2.35. The molecule has 1 N–H and O–H groups in total. The Labute approximate surface area is 182 Å². The minimum Gasteiger partial charge on any atom is -0.491 e. The first-order valence-electron chi connectivity index (χ1n) is 11.7. The number of hydrogen-bond donors (Lipinski definition) is 1. The van der Waals surface area contributed by atoms with E-state index in [2.05, 4.69) is 29.3 Å². The van der Waals surface area contributed by atoms with Crippen molar-refractivity contribution in [1.82, 2.24) is 10.2 Å². The van der Waals surface area contributed by atoms with Gasteiger partial charge in [0.15, 0.2) is 5.96 Å². The summed E-state index contributed by atoms with van der Waals surface area (Å²) in [6, 6.07) is 8.24. The molecule has 2 aliphatic heterocycles. The zero-order chi connectivity index (χ0) is 21.2. The standard InChI is InChI=1S/C24H39N3O3/c1-4-25-24(26-17-20-8-10-22(11-9-20)30-19(2)3)27-14-12-21(13-15-27)29-18-23-7-5-6-16-28-23/h8-11,19,21,23H,4-7,12-18H2,1-3H3,(H,25,26). The molecule has 3 rings (SSSR count). The average molecular weight is 418 g/mol. The van der Waals surface area contributed by atoms with Gasteiger partial charge in [-0.15, -0.1) is 0 Å². The van der Waals surface area contributed by atoms with Crippen LogP contribution in [-0.2, 0) is 16.0 Å². The Morgan fingerprint density at radius 3 is 2.57 bits per heavy atom. The number of likely N-dealkylation sites (tertiary alicyclic amines) is 1. The van der Waals surface area contributed by atoms with Crippen LogP contribution >= 0.6 is 0 Å². The van der Waals surface area contributed by atoms with Gasteiger partial charge < -0.3 is 24.4 Å². The molecule has 0 saturated carbocycles. The molecule has 30 heavy (non-hydrogen) atoms. The van der Waals surface area contributed by atoms with Crippen molar-refractivity contribution in [2.24, 2.45) is 4.99 Å². The summed E-state index contributed by atoms with van der Waals surface area (Å²) in [5, 5.41) is 3.45. The first kappa shape index (κ1) is 22.9. The lowest BCUT2D eigenvalue weighted by atomic mass is 10.1. The van der Waals surface area contributed by atoms with Crippen molar-refractivity contribution in [2.75, 3.05) is 32.8 Å². The topological polar surface area (TPSA) is 55.3 Å². The van der Waals surface area contributed by atoms with E-state index in [1.807, 2.05) is 26.0 Å². The molecule has 1 unspecified atom stereocenters. The molecule has 1 aromatic rings. The fraction of sp³-hybridized carbons (Fsp3) is 0.708. The maximum absolute atomic E-state index is 6.15. The van der Waals surface area contributed by atoms with Gasteiger partial charge in [-0.3, -0.25) is 0 Å². The van der Waals surface area contributed by atoms with Gasteiger partial charge >= 0.3 is 0 Å². The van der Waals surface area contributed by atoms with Crippen LogP contribution in [0.3, 0.4) is 0 Å². The van der Waals surface area contributed by atoms with Gasteiger partial charge in [-0.05, 0) is 70.6 Å². The van der Waals surface area contributed by atoms with Crippen LogP contribution in [0.25, 0.3) is 0 Å². The maximum Gasteiger partial charge on any atom is 0.194 e. The van der Waals surface area contributed by atoms with Gasteiger partial charge in [0.1, 0.15) is 5.75 Å². The minimum absolute atomic E-state index is 0.191. The second-order valence-corrected chi connectivity index (χ2v) is 8.49. The smallest absolute Gasteiger partial charge is 0.194 e. The van der Waals surface area contributed by atoms with E-state index in [1.165, 1.54) is 18.4 Å². The second-order valence-electron chi connectivity index (χ2n) is 8.49. The molecule has 1 aromatic carbocycles. The van der Waals surface area contributed by atoms with Crippen LogP contribution in [-0.4, -0.2) is 62.0 Å². The Bertz CT molecular complexity index is 634. The molecule has 2 heterocycles. The van der Waals surface area contributed by atoms with Crippen molar-refractivity contribution in [3.63, 3.8) is 0 Å². The van der Waals surface area contributed by atoms with Gasteiger partial charge in [0.2, 0.25) is 0 Å². The van der Waals surface area contributed by atoms with Crippen LogP contribution in [0.5, 0.6) is 5.75 Å². The summed E-state index contributed by atoms with van der Waals surface area (Å²) in [7, 11) is 0. The lowest BCUT2D eigenvalue weighted by Crippen LogP contribution is -2.47. The van der Waals surface area contributed by atoms with Crippen molar-refractivity contribution in [3.05, 3.63) is 29.8 Å². The predicted octanol–water partition coefficient (Wildman–Crippen LogP) is 3.99. The molecule has 0 bridgehead atoms. The fourth-order valence-electron chi connectivity index (χ4n) is 3.95. The summed E-state index contributed by atoms with van der Waals surface area (Å²) in [6.07, 6.45) is 6.50. The number of nitrogens with one attached hydrogen (secondary N) is 1.